The topological polar surface area (TPSA) is 91.2 Å². The highest BCUT2D eigenvalue weighted by Crippen LogP contribution is 2.38. The number of nitrogens with zero attached hydrogens (tertiary/aromatic N) is 1. The quantitative estimate of drug-likeness (QED) is 0.527. The van der Waals surface area contributed by atoms with Crippen LogP contribution < -0.4 is 15.4 Å². The number of hydrogen-bond donors (Lipinski definition) is 2. The second kappa shape index (κ2) is 10.3. The van der Waals surface area contributed by atoms with E-state index in [1.54, 1.807) is 24.3 Å². The van der Waals surface area contributed by atoms with Crippen molar-refractivity contribution in [3.63, 3.8) is 0 Å². The maximum atomic E-state index is 13.3. The third-order valence-electron chi connectivity index (χ3n) is 4.78. The molecule has 0 aromatic heterocycles. The van der Waals surface area contributed by atoms with Gasteiger partial charge < -0.3 is 15.4 Å². The predicted octanol–water partition coefficient (Wildman–Crippen LogP) is 5.19. The lowest BCUT2D eigenvalue weighted by Gasteiger charge is -2.25. The highest BCUT2D eigenvalue weighted by molar-refractivity contribution is 9.10. The molecule has 3 rings (SSSR count). The number of ether oxygens (including phenoxy) is 1. The number of alkyl halides is 3. The van der Waals surface area contributed by atoms with Gasteiger partial charge >= 0.3 is 6.18 Å². The van der Waals surface area contributed by atoms with Gasteiger partial charge in [0.15, 0.2) is 0 Å². The zero-order valence-corrected chi connectivity index (χ0v) is 19.5. The van der Waals surface area contributed by atoms with Gasteiger partial charge in [-0.2, -0.15) is 18.4 Å². The van der Waals surface area contributed by atoms with Gasteiger partial charge in [-0.05, 0) is 35.9 Å². The summed E-state index contributed by atoms with van der Waals surface area (Å²) in [4.78, 5) is 24.6. The van der Waals surface area contributed by atoms with Crippen LogP contribution in [0.25, 0.3) is 0 Å². The number of carbonyl (C=O) groups excluding carboxylic acids is 2. The number of nitrogens with one attached hydrogen (secondary N) is 2. The van der Waals surface area contributed by atoms with E-state index in [0.717, 1.165) is 29.5 Å². The second-order valence-corrected chi connectivity index (χ2v) is 8.86. The first kappa shape index (κ1) is 24.7. The zero-order valence-electron chi connectivity index (χ0n) is 17.1. The Hall–Kier alpha value is -2.97. The van der Waals surface area contributed by atoms with E-state index >= 15 is 0 Å². The fourth-order valence-corrected chi connectivity index (χ4v) is 4.48. The molecule has 0 saturated heterocycles. The Balaban J connectivity index is 1.78. The number of rotatable bonds is 6. The first-order chi connectivity index (χ1) is 15.6. The van der Waals surface area contributed by atoms with E-state index in [0.29, 0.717) is 5.75 Å². The van der Waals surface area contributed by atoms with Gasteiger partial charge in [-0.1, -0.05) is 39.8 Å². The van der Waals surface area contributed by atoms with E-state index in [1.807, 2.05) is 0 Å². The Bertz CT molecular complexity index is 1140. The fourth-order valence-electron chi connectivity index (χ4n) is 3.24. The van der Waals surface area contributed by atoms with Crippen molar-refractivity contribution in [1.82, 2.24) is 5.32 Å². The number of carbonyl (C=O) groups is 2. The summed E-state index contributed by atoms with van der Waals surface area (Å²) in [6, 6.07) is 12.4. The van der Waals surface area contributed by atoms with E-state index in [2.05, 4.69) is 32.6 Å². The minimum absolute atomic E-state index is 0.0549. The molecule has 0 radical (unpaired) electrons. The number of amides is 2. The van der Waals surface area contributed by atoms with E-state index < -0.39 is 23.6 Å². The van der Waals surface area contributed by atoms with Crippen molar-refractivity contribution in [2.45, 2.75) is 18.5 Å². The molecule has 2 aromatic carbocycles. The van der Waals surface area contributed by atoms with Gasteiger partial charge in [0.1, 0.15) is 5.75 Å². The maximum absolute atomic E-state index is 13.3. The van der Waals surface area contributed by atoms with Crippen molar-refractivity contribution in [1.29, 1.82) is 5.26 Å². The van der Waals surface area contributed by atoms with Gasteiger partial charge in [0.25, 0.3) is 0 Å². The van der Waals surface area contributed by atoms with Gasteiger partial charge in [-0.25, -0.2) is 0 Å². The van der Waals surface area contributed by atoms with Crippen molar-refractivity contribution in [2.24, 2.45) is 0 Å². The molecular weight excluding hydrogens is 523 g/mol. The van der Waals surface area contributed by atoms with Crippen LogP contribution in [0, 0.1) is 11.3 Å². The molecule has 0 unspecified atom stereocenters. The minimum Gasteiger partial charge on any atom is -0.497 e. The highest BCUT2D eigenvalue weighted by Gasteiger charge is 2.34. The van der Waals surface area contributed by atoms with Crippen LogP contribution in [-0.2, 0) is 15.8 Å². The molecule has 0 aliphatic carbocycles. The third-order valence-corrected chi connectivity index (χ3v) is 6.29. The van der Waals surface area contributed by atoms with E-state index in [-0.39, 0.29) is 38.8 Å². The number of thioether (sulfide) groups is 1. The van der Waals surface area contributed by atoms with Crippen molar-refractivity contribution in [2.75, 3.05) is 18.2 Å². The third kappa shape index (κ3) is 6.09. The lowest BCUT2D eigenvalue weighted by molar-refractivity contribution is -0.137. The molecule has 2 amide bonds. The molecule has 1 aliphatic heterocycles. The van der Waals surface area contributed by atoms with Crippen LogP contribution in [0.15, 0.2) is 57.5 Å². The minimum atomic E-state index is -4.65. The SMILES string of the molecule is COc1ccc([C@H]2CC(=O)NC(SCC(=O)Nc3ccc(Br)cc3C(F)(F)F)=C2C#N)cc1. The van der Waals surface area contributed by atoms with Crippen LogP contribution in [0.4, 0.5) is 18.9 Å². The number of hydrogen-bond acceptors (Lipinski definition) is 5. The number of anilines is 1. The van der Waals surface area contributed by atoms with Crippen LogP contribution in [0.3, 0.4) is 0 Å². The predicted molar refractivity (Wildman–Crippen MR) is 121 cm³/mol. The summed E-state index contributed by atoms with van der Waals surface area (Å²) in [7, 11) is 1.52. The second-order valence-electron chi connectivity index (χ2n) is 6.96. The number of methoxy groups -OCH3 is 1. The van der Waals surface area contributed by atoms with Gasteiger partial charge in [-0.15, -0.1) is 0 Å². The monoisotopic (exact) mass is 539 g/mol. The number of halogens is 4. The van der Waals surface area contributed by atoms with Crippen LogP contribution in [0.1, 0.15) is 23.5 Å². The Morgan fingerprint density at radius 2 is 2.00 bits per heavy atom. The van der Waals surface area contributed by atoms with Crippen LogP contribution in [0.5, 0.6) is 5.75 Å². The van der Waals surface area contributed by atoms with E-state index in [1.165, 1.54) is 13.2 Å². The van der Waals surface area contributed by atoms with Gasteiger partial charge in [0.05, 0.1) is 40.8 Å². The largest absolute Gasteiger partial charge is 0.497 e. The Morgan fingerprint density at radius 1 is 1.30 bits per heavy atom. The van der Waals surface area contributed by atoms with Crippen molar-refractivity contribution < 1.29 is 27.5 Å². The van der Waals surface area contributed by atoms with Gasteiger partial charge in [0.2, 0.25) is 11.8 Å². The molecule has 0 bridgehead atoms. The number of benzene rings is 2. The van der Waals surface area contributed by atoms with Crippen LogP contribution in [-0.4, -0.2) is 24.7 Å². The van der Waals surface area contributed by atoms with Crippen molar-refractivity contribution >= 4 is 45.2 Å². The Kier molecular flexibility index (Phi) is 7.71. The molecule has 1 aliphatic rings. The first-order valence-corrected chi connectivity index (χ1v) is 11.3. The molecule has 172 valence electrons. The Labute approximate surface area is 200 Å². The molecule has 0 saturated carbocycles. The zero-order chi connectivity index (χ0) is 24.2. The normalized spacial score (nSPS) is 16.1. The molecule has 6 nitrogen and oxygen atoms in total. The lowest BCUT2D eigenvalue weighted by Crippen LogP contribution is -2.31. The summed E-state index contributed by atoms with van der Waals surface area (Å²) in [5.74, 6) is -1.23. The van der Waals surface area contributed by atoms with Crippen molar-refractivity contribution in [3.05, 3.63) is 68.7 Å². The summed E-state index contributed by atoms with van der Waals surface area (Å²) in [6.07, 6.45) is -4.60. The summed E-state index contributed by atoms with van der Waals surface area (Å²) < 4.78 is 45.2. The van der Waals surface area contributed by atoms with E-state index in [9.17, 15) is 28.0 Å². The smallest absolute Gasteiger partial charge is 0.418 e. The fraction of sp³-hybridized carbons (Fsp3) is 0.227. The van der Waals surface area contributed by atoms with E-state index in [4.69, 9.17) is 4.74 Å². The molecule has 33 heavy (non-hydrogen) atoms. The molecule has 2 aromatic rings. The number of allylic oxidation sites excluding steroid dienone is 1. The molecule has 0 spiro atoms. The van der Waals surface area contributed by atoms with Crippen LogP contribution in [0.2, 0.25) is 0 Å². The molecule has 2 N–H and O–H groups in total. The lowest BCUT2D eigenvalue weighted by atomic mass is 9.87. The maximum Gasteiger partial charge on any atom is 0.418 e. The van der Waals surface area contributed by atoms with Crippen molar-refractivity contribution in [3.8, 4) is 11.8 Å². The van der Waals surface area contributed by atoms with Crippen LogP contribution >= 0.6 is 27.7 Å². The Morgan fingerprint density at radius 3 is 2.61 bits per heavy atom. The summed E-state index contributed by atoms with van der Waals surface area (Å²) in [5, 5.41) is 14.8. The number of nitriles is 1. The highest BCUT2D eigenvalue weighted by atomic mass is 79.9. The average Bonchev–Trinajstić information content (AvgIpc) is 2.78. The standard InChI is InChI=1S/C22H17BrF3N3O3S/c1-32-14-5-2-12(3-6-14)15-9-19(30)29-21(16(15)10-27)33-11-20(31)28-18-7-4-13(23)8-17(18)22(24,25)26/h2-8,15H,9,11H2,1H3,(H,28,31)(H,29,30)/t15-/m1/s1. The average molecular weight is 540 g/mol. The van der Waals surface area contributed by atoms with Gasteiger partial charge in [-0.3, -0.25) is 9.59 Å². The van der Waals surface area contributed by atoms with Gasteiger partial charge in [0, 0.05) is 16.8 Å². The summed E-state index contributed by atoms with van der Waals surface area (Å²) >= 11 is 3.87. The first-order valence-electron chi connectivity index (χ1n) is 9.50. The molecule has 0 fully saturated rings. The summed E-state index contributed by atoms with van der Waals surface area (Å²) in [6.45, 7) is 0. The molecular formula is C22H17BrF3N3O3S. The molecule has 11 heteroatoms. The molecule has 1 heterocycles. The summed E-state index contributed by atoms with van der Waals surface area (Å²) in [5.41, 5.74) is -0.362. The molecule has 1 atom stereocenters.